The van der Waals surface area contributed by atoms with Gasteiger partial charge in [0, 0.05) is 24.4 Å². The first-order chi connectivity index (χ1) is 15.6. The molecule has 0 bridgehead atoms. The number of aromatic nitrogens is 2. The van der Waals surface area contributed by atoms with E-state index in [1.807, 2.05) is 57.2 Å². The quantitative estimate of drug-likeness (QED) is 0.454. The molecule has 0 fully saturated rings. The van der Waals surface area contributed by atoms with E-state index in [4.69, 9.17) is 28.3 Å². The predicted octanol–water partition coefficient (Wildman–Crippen LogP) is 5.85. The first-order valence-electron chi connectivity index (χ1n) is 10.8. The van der Waals surface area contributed by atoms with Gasteiger partial charge in [0.1, 0.15) is 12.4 Å². The van der Waals surface area contributed by atoms with Crippen LogP contribution in [0.3, 0.4) is 0 Å². The van der Waals surface area contributed by atoms with Crippen LogP contribution in [0.25, 0.3) is 5.69 Å². The molecule has 1 heterocycles. The lowest BCUT2D eigenvalue weighted by atomic mass is 9.92. The molecule has 174 valence electrons. The molecular formula is C25H28Cl2N4O2. The Labute approximate surface area is 204 Å². The molecule has 0 aliphatic carbocycles. The van der Waals surface area contributed by atoms with Gasteiger partial charge in [-0.25, -0.2) is 4.68 Å². The Morgan fingerprint density at radius 1 is 1.03 bits per heavy atom. The average molecular weight is 487 g/mol. The molecule has 1 aromatic heterocycles. The molecule has 6 nitrogen and oxygen atoms in total. The van der Waals surface area contributed by atoms with Gasteiger partial charge in [0.15, 0.2) is 0 Å². The molecule has 0 aliphatic heterocycles. The van der Waals surface area contributed by atoms with E-state index in [2.05, 4.69) is 5.32 Å². The molecule has 2 aromatic carbocycles. The van der Waals surface area contributed by atoms with E-state index >= 15 is 0 Å². The van der Waals surface area contributed by atoms with E-state index in [1.54, 1.807) is 34.7 Å². The molecule has 8 heteroatoms. The molecule has 0 aliphatic rings. The summed E-state index contributed by atoms with van der Waals surface area (Å²) in [7, 11) is 0. The number of hydrogen-bond donors (Lipinski definition) is 1. The zero-order valence-corrected chi connectivity index (χ0v) is 20.7. The van der Waals surface area contributed by atoms with Gasteiger partial charge in [0.2, 0.25) is 11.8 Å². The third kappa shape index (κ3) is 6.36. The number of carbonyl (C=O) groups excluding carboxylic acids is 2. The summed E-state index contributed by atoms with van der Waals surface area (Å²) in [4.78, 5) is 27.1. The molecule has 0 unspecified atom stereocenters. The fourth-order valence-corrected chi connectivity index (χ4v) is 3.56. The third-order valence-electron chi connectivity index (χ3n) is 5.10. The van der Waals surface area contributed by atoms with Crippen molar-refractivity contribution in [2.24, 2.45) is 0 Å². The van der Waals surface area contributed by atoms with E-state index in [0.717, 1.165) is 11.3 Å². The summed E-state index contributed by atoms with van der Waals surface area (Å²) in [5.41, 5.74) is 2.19. The topological polar surface area (TPSA) is 67.2 Å². The first kappa shape index (κ1) is 24.8. The van der Waals surface area contributed by atoms with Gasteiger partial charge >= 0.3 is 0 Å². The summed E-state index contributed by atoms with van der Waals surface area (Å²) in [6.45, 7) is 8.21. The van der Waals surface area contributed by atoms with Crippen LogP contribution < -0.4 is 5.32 Å². The number of anilines is 1. The van der Waals surface area contributed by atoms with E-state index < -0.39 is 0 Å². The standard InChI is InChI=1S/C25H28Cl2N4O2/c1-5-24(33)30(15-17-9-7-6-8-10-17)16-23(32)28-22-14-21(25(2,3)4)29-31(22)18-11-12-19(26)20(27)13-18/h6-14H,5,15-16H2,1-4H3,(H,28,32). The van der Waals surface area contributed by atoms with Gasteiger partial charge in [0.05, 0.1) is 21.4 Å². The van der Waals surface area contributed by atoms with Crippen molar-refractivity contribution >= 4 is 40.8 Å². The third-order valence-corrected chi connectivity index (χ3v) is 5.84. The lowest BCUT2D eigenvalue weighted by molar-refractivity contribution is -0.135. The maximum Gasteiger partial charge on any atom is 0.245 e. The monoisotopic (exact) mass is 486 g/mol. The lowest BCUT2D eigenvalue weighted by Gasteiger charge is -2.22. The summed E-state index contributed by atoms with van der Waals surface area (Å²) in [5.74, 6) is 0.0868. The van der Waals surface area contributed by atoms with Gasteiger partial charge in [-0.2, -0.15) is 5.10 Å². The fourth-order valence-electron chi connectivity index (χ4n) is 3.27. The van der Waals surface area contributed by atoms with Crippen LogP contribution in [0.1, 0.15) is 45.4 Å². The second-order valence-corrected chi connectivity index (χ2v) is 9.63. The number of rotatable bonds is 7. The highest BCUT2D eigenvalue weighted by molar-refractivity contribution is 6.42. The summed E-state index contributed by atoms with van der Waals surface area (Å²) in [6, 6.07) is 16.6. The first-order valence-corrected chi connectivity index (χ1v) is 11.5. The molecule has 0 saturated heterocycles. The predicted molar refractivity (Wildman–Crippen MR) is 133 cm³/mol. The number of halogens is 2. The highest BCUT2D eigenvalue weighted by Crippen LogP contribution is 2.29. The largest absolute Gasteiger partial charge is 0.329 e. The number of nitrogens with zero attached hydrogens (tertiary/aromatic N) is 3. The van der Waals surface area contributed by atoms with Gasteiger partial charge in [-0.3, -0.25) is 9.59 Å². The molecule has 0 saturated carbocycles. The summed E-state index contributed by atoms with van der Waals surface area (Å²) in [6.07, 6.45) is 0.315. The van der Waals surface area contributed by atoms with E-state index in [0.29, 0.717) is 34.5 Å². The molecule has 2 amide bonds. The molecule has 0 radical (unpaired) electrons. The van der Waals surface area contributed by atoms with Crippen LogP contribution in [-0.2, 0) is 21.5 Å². The van der Waals surface area contributed by atoms with E-state index in [9.17, 15) is 9.59 Å². The lowest BCUT2D eigenvalue weighted by Crippen LogP contribution is -2.37. The Morgan fingerprint density at radius 2 is 1.73 bits per heavy atom. The minimum Gasteiger partial charge on any atom is -0.329 e. The summed E-state index contributed by atoms with van der Waals surface area (Å²) >= 11 is 12.3. The summed E-state index contributed by atoms with van der Waals surface area (Å²) in [5, 5.41) is 8.44. The van der Waals surface area contributed by atoms with Gasteiger partial charge in [-0.05, 0) is 23.8 Å². The molecule has 33 heavy (non-hydrogen) atoms. The minimum absolute atomic E-state index is 0.0705. The van der Waals surface area contributed by atoms with Crippen molar-refractivity contribution in [2.75, 3.05) is 11.9 Å². The van der Waals surface area contributed by atoms with E-state index in [1.165, 1.54) is 0 Å². The molecule has 0 spiro atoms. The van der Waals surface area contributed by atoms with Crippen LogP contribution in [0.15, 0.2) is 54.6 Å². The molecule has 0 atom stereocenters. The average Bonchev–Trinajstić information content (AvgIpc) is 3.19. The Kier molecular flexibility index (Phi) is 7.82. The highest BCUT2D eigenvalue weighted by atomic mass is 35.5. The van der Waals surface area contributed by atoms with Crippen LogP contribution in [0.5, 0.6) is 0 Å². The van der Waals surface area contributed by atoms with Crippen LogP contribution in [-0.4, -0.2) is 33.0 Å². The van der Waals surface area contributed by atoms with Crippen molar-refractivity contribution in [3.8, 4) is 5.69 Å². The van der Waals surface area contributed by atoms with Crippen molar-refractivity contribution in [1.82, 2.24) is 14.7 Å². The minimum atomic E-state index is -0.311. The molecule has 1 N–H and O–H groups in total. The van der Waals surface area contributed by atoms with Crippen molar-refractivity contribution in [3.05, 3.63) is 75.9 Å². The summed E-state index contributed by atoms with van der Waals surface area (Å²) < 4.78 is 1.63. The van der Waals surface area contributed by atoms with Gasteiger partial charge in [-0.1, -0.05) is 81.2 Å². The maximum absolute atomic E-state index is 13.0. The van der Waals surface area contributed by atoms with Crippen LogP contribution in [0.4, 0.5) is 5.82 Å². The van der Waals surface area contributed by atoms with Crippen LogP contribution in [0, 0.1) is 0 Å². The van der Waals surface area contributed by atoms with Crippen molar-refractivity contribution < 1.29 is 9.59 Å². The normalized spacial score (nSPS) is 11.3. The van der Waals surface area contributed by atoms with Gasteiger partial charge < -0.3 is 10.2 Å². The zero-order valence-electron chi connectivity index (χ0n) is 19.2. The molecule has 3 aromatic rings. The van der Waals surface area contributed by atoms with Crippen LogP contribution >= 0.6 is 23.2 Å². The SMILES string of the molecule is CCC(=O)N(CC(=O)Nc1cc(C(C)(C)C)nn1-c1ccc(Cl)c(Cl)c1)Cc1ccccc1. The number of hydrogen-bond acceptors (Lipinski definition) is 3. The van der Waals surface area contributed by atoms with Crippen LogP contribution in [0.2, 0.25) is 10.0 Å². The number of benzene rings is 2. The number of amides is 2. The number of nitrogens with one attached hydrogen (secondary N) is 1. The van der Waals surface area contributed by atoms with Crippen molar-refractivity contribution in [3.63, 3.8) is 0 Å². The second-order valence-electron chi connectivity index (χ2n) is 8.81. The van der Waals surface area contributed by atoms with Crippen molar-refractivity contribution in [2.45, 2.75) is 46.1 Å². The van der Waals surface area contributed by atoms with Gasteiger partial charge in [0.25, 0.3) is 0 Å². The van der Waals surface area contributed by atoms with Gasteiger partial charge in [-0.15, -0.1) is 0 Å². The Balaban J connectivity index is 1.87. The second kappa shape index (κ2) is 10.4. The van der Waals surface area contributed by atoms with Crippen molar-refractivity contribution in [1.29, 1.82) is 0 Å². The number of carbonyl (C=O) groups is 2. The Morgan fingerprint density at radius 3 is 2.33 bits per heavy atom. The fraction of sp³-hybridized carbons (Fsp3) is 0.320. The zero-order chi connectivity index (χ0) is 24.2. The molecule has 3 rings (SSSR count). The smallest absolute Gasteiger partial charge is 0.245 e. The Bertz CT molecular complexity index is 1140. The van der Waals surface area contributed by atoms with E-state index in [-0.39, 0.29) is 23.8 Å². The maximum atomic E-state index is 13.0. The Hall–Kier alpha value is -2.83. The highest BCUT2D eigenvalue weighted by Gasteiger charge is 2.23. The molecular weight excluding hydrogens is 459 g/mol.